The van der Waals surface area contributed by atoms with Gasteiger partial charge in [-0.3, -0.25) is 9.69 Å². The lowest BCUT2D eigenvalue weighted by Gasteiger charge is -2.35. The Morgan fingerprint density at radius 3 is 2.50 bits per heavy atom. The highest BCUT2D eigenvalue weighted by Gasteiger charge is 2.33. The maximum Gasteiger partial charge on any atom is 0.401 e. The molecule has 0 bridgehead atoms. The van der Waals surface area contributed by atoms with E-state index in [9.17, 15) is 18.0 Å². The molecule has 1 saturated heterocycles. The molecule has 1 aliphatic heterocycles. The first kappa shape index (κ1) is 15.2. The zero-order valence-corrected chi connectivity index (χ0v) is 12.3. The highest BCUT2D eigenvalue weighted by atomic mass is 32.1. The minimum Gasteiger partial charge on any atom is -0.336 e. The quantitative estimate of drug-likeness (QED) is 0.845. The molecule has 1 aromatic carbocycles. The topological polar surface area (TPSA) is 49.3 Å². The molecule has 1 fully saturated rings. The van der Waals surface area contributed by atoms with Crippen molar-refractivity contribution in [3.63, 3.8) is 0 Å². The third kappa shape index (κ3) is 3.36. The summed E-state index contributed by atoms with van der Waals surface area (Å²) in [5.74, 6) is -0.179. The van der Waals surface area contributed by atoms with Crippen molar-refractivity contribution in [2.75, 3.05) is 32.7 Å². The standard InChI is InChI=1S/C13H13F3N4OS/c14-13(15,16)8-19-3-5-20(6-4-19)12(21)9-1-2-10-11(7-9)18-22-17-10/h1-2,7H,3-6,8H2. The van der Waals surface area contributed by atoms with Gasteiger partial charge in [-0.15, -0.1) is 0 Å². The van der Waals surface area contributed by atoms with Gasteiger partial charge in [-0.05, 0) is 18.2 Å². The number of hydrogen-bond donors (Lipinski definition) is 0. The normalized spacial score (nSPS) is 17.1. The molecule has 9 heteroatoms. The summed E-state index contributed by atoms with van der Waals surface area (Å²) in [6, 6.07) is 5.07. The van der Waals surface area contributed by atoms with Gasteiger partial charge in [0.15, 0.2) is 0 Å². The number of halogens is 3. The summed E-state index contributed by atoms with van der Waals surface area (Å²) in [5.41, 5.74) is 1.88. The second-order valence-electron chi connectivity index (χ2n) is 5.15. The van der Waals surface area contributed by atoms with Crippen LogP contribution in [0.2, 0.25) is 0 Å². The number of hydrogen-bond acceptors (Lipinski definition) is 5. The van der Waals surface area contributed by atoms with Crippen LogP contribution in [0, 0.1) is 0 Å². The number of piperazine rings is 1. The van der Waals surface area contributed by atoms with E-state index >= 15 is 0 Å². The van der Waals surface area contributed by atoms with Crippen LogP contribution in [0.25, 0.3) is 11.0 Å². The largest absolute Gasteiger partial charge is 0.401 e. The maximum atomic E-state index is 12.4. The highest BCUT2D eigenvalue weighted by molar-refractivity contribution is 7.00. The van der Waals surface area contributed by atoms with Crippen LogP contribution in [0.4, 0.5) is 13.2 Å². The summed E-state index contributed by atoms with van der Waals surface area (Å²) in [6.45, 7) is 0.119. The van der Waals surface area contributed by atoms with Crippen molar-refractivity contribution in [1.82, 2.24) is 18.5 Å². The third-order valence-corrected chi connectivity index (χ3v) is 4.12. The molecule has 1 aliphatic rings. The van der Waals surface area contributed by atoms with Crippen molar-refractivity contribution < 1.29 is 18.0 Å². The Hall–Kier alpha value is -1.74. The molecule has 1 amide bonds. The monoisotopic (exact) mass is 330 g/mol. The number of fused-ring (bicyclic) bond motifs is 1. The van der Waals surface area contributed by atoms with E-state index in [0.29, 0.717) is 24.2 Å². The molecular weight excluding hydrogens is 317 g/mol. The Morgan fingerprint density at radius 2 is 1.82 bits per heavy atom. The fourth-order valence-corrected chi connectivity index (χ4v) is 2.98. The van der Waals surface area contributed by atoms with Crippen molar-refractivity contribution in [3.05, 3.63) is 23.8 Å². The van der Waals surface area contributed by atoms with Crippen LogP contribution in [-0.2, 0) is 0 Å². The van der Waals surface area contributed by atoms with Gasteiger partial charge in [-0.25, -0.2) is 0 Å². The average Bonchev–Trinajstić information content (AvgIpc) is 2.93. The summed E-state index contributed by atoms with van der Waals surface area (Å²) < 4.78 is 45.2. The molecule has 22 heavy (non-hydrogen) atoms. The summed E-state index contributed by atoms with van der Waals surface area (Å²) in [6.07, 6.45) is -4.20. The molecular formula is C13H13F3N4OS. The second-order valence-corrected chi connectivity index (χ2v) is 5.68. The molecule has 0 atom stereocenters. The molecule has 0 saturated carbocycles. The van der Waals surface area contributed by atoms with E-state index in [1.165, 1.54) is 4.90 Å². The fourth-order valence-electron chi connectivity index (χ4n) is 2.46. The van der Waals surface area contributed by atoms with Crippen LogP contribution >= 0.6 is 11.7 Å². The lowest BCUT2D eigenvalue weighted by molar-refractivity contribution is -0.148. The van der Waals surface area contributed by atoms with Crippen LogP contribution in [0.5, 0.6) is 0 Å². The zero-order valence-electron chi connectivity index (χ0n) is 11.5. The summed E-state index contributed by atoms with van der Waals surface area (Å²) >= 11 is 1.08. The van der Waals surface area contributed by atoms with Crippen molar-refractivity contribution in [1.29, 1.82) is 0 Å². The van der Waals surface area contributed by atoms with Crippen LogP contribution in [0.1, 0.15) is 10.4 Å². The Balaban J connectivity index is 1.64. The van der Waals surface area contributed by atoms with Crippen LogP contribution in [0.3, 0.4) is 0 Å². The minimum absolute atomic E-state index is 0.179. The van der Waals surface area contributed by atoms with Crippen molar-refractivity contribution in [3.8, 4) is 0 Å². The van der Waals surface area contributed by atoms with Crippen molar-refractivity contribution in [2.45, 2.75) is 6.18 Å². The average molecular weight is 330 g/mol. The Bertz CT molecular complexity index is 679. The van der Waals surface area contributed by atoms with Gasteiger partial charge >= 0.3 is 6.18 Å². The van der Waals surface area contributed by atoms with E-state index < -0.39 is 12.7 Å². The molecule has 118 valence electrons. The first-order valence-electron chi connectivity index (χ1n) is 6.73. The number of rotatable bonds is 2. The van der Waals surface area contributed by atoms with E-state index in [0.717, 1.165) is 17.2 Å². The SMILES string of the molecule is O=C(c1ccc2nsnc2c1)N1CCN(CC(F)(F)F)CC1. The number of nitrogens with zero attached hydrogens (tertiary/aromatic N) is 4. The third-order valence-electron chi connectivity index (χ3n) is 3.56. The summed E-state index contributed by atoms with van der Waals surface area (Å²) in [7, 11) is 0. The van der Waals surface area contributed by atoms with E-state index in [1.807, 2.05) is 0 Å². The van der Waals surface area contributed by atoms with E-state index in [-0.39, 0.29) is 19.0 Å². The highest BCUT2D eigenvalue weighted by Crippen LogP contribution is 2.19. The molecule has 2 heterocycles. The smallest absolute Gasteiger partial charge is 0.336 e. The molecule has 0 N–H and O–H groups in total. The van der Waals surface area contributed by atoms with E-state index in [4.69, 9.17) is 0 Å². The van der Waals surface area contributed by atoms with Gasteiger partial charge in [-0.2, -0.15) is 21.9 Å². The maximum absolute atomic E-state index is 12.4. The predicted molar refractivity (Wildman–Crippen MR) is 75.8 cm³/mol. The van der Waals surface area contributed by atoms with E-state index in [1.54, 1.807) is 23.1 Å². The summed E-state index contributed by atoms with van der Waals surface area (Å²) in [4.78, 5) is 15.3. The first-order chi connectivity index (χ1) is 10.4. The van der Waals surface area contributed by atoms with Gasteiger partial charge in [-0.1, -0.05) is 0 Å². The van der Waals surface area contributed by atoms with E-state index in [2.05, 4.69) is 8.75 Å². The molecule has 3 rings (SSSR count). The number of carbonyl (C=O) groups excluding carboxylic acids is 1. The molecule has 1 aromatic heterocycles. The molecule has 5 nitrogen and oxygen atoms in total. The lowest BCUT2D eigenvalue weighted by Crippen LogP contribution is -2.50. The summed E-state index contributed by atoms with van der Waals surface area (Å²) in [5, 5.41) is 0. The fraction of sp³-hybridized carbons (Fsp3) is 0.462. The van der Waals surface area contributed by atoms with Crippen LogP contribution < -0.4 is 0 Å². The minimum atomic E-state index is -4.20. The number of amides is 1. The molecule has 2 aromatic rings. The van der Waals surface area contributed by atoms with Crippen molar-refractivity contribution >= 4 is 28.7 Å². The van der Waals surface area contributed by atoms with Crippen LogP contribution in [-0.4, -0.2) is 63.4 Å². The predicted octanol–water partition coefficient (Wildman–Crippen LogP) is 2.01. The van der Waals surface area contributed by atoms with Gasteiger partial charge in [0, 0.05) is 31.7 Å². The Morgan fingerprint density at radius 1 is 1.14 bits per heavy atom. The van der Waals surface area contributed by atoms with Gasteiger partial charge < -0.3 is 4.90 Å². The lowest BCUT2D eigenvalue weighted by atomic mass is 10.1. The molecule has 0 radical (unpaired) electrons. The van der Waals surface area contributed by atoms with Gasteiger partial charge in [0.25, 0.3) is 5.91 Å². The molecule has 0 unspecified atom stereocenters. The molecule has 0 spiro atoms. The number of alkyl halides is 3. The second kappa shape index (κ2) is 5.81. The van der Waals surface area contributed by atoms with Gasteiger partial charge in [0.1, 0.15) is 11.0 Å². The first-order valence-corrected chi connectivity index (χ1v) is 7.46. The van der Waals surface area contributed by atoms with Gasteiger partial charge in [0.05, 0.1) is 18.3 Å². The Kier molecular flexibility index (Phi) is 4.00. The zero-order chi connectivity index (χ0) is 15.7. The Labute approximate surface area is 128 Å². The number of aromatic nitrogens is 2. The number of carbonyl (C=O) groups is 1. The van der Waals surface area contributed by atoms with Crippen LogP contribution in [0.15, 0.2) is 18.2 Å². The molecule has 0 aliphatic carbocycles. The van der Waals surface area contributed by atoms with Crippen molar-refractivity contribution in [2.24, 2.45) is 0 Å². The number of benzene rings is 1. The van der Waals surface area contributed by atoms with Gasteiger partial charge in [0.2, 0.25) is 0 Å².